The van der Waals surface area contributed by atoms with Crippen LogP contribution in [0.25, 0.3) is 0 Å². The summed E-state index contributed by atoms with van der Waals surface area (Å²) < 4.78 is 0. The molecule has 28 heavy (non-hydrogen) atoms. The average molecular weight is 403 g/mol. The van der Waals surface area contributed by atoms with E-state index in [2.05, 4.69) is 21.3 Å². The summed E-state index contributed by atoms with van der Waals surface area (Å²) in [6, 6.07) is -4.29. The summed E-state index contributed by atoms with van der Waals surface area (Å²) in [5.41, 5.74) is 4.91. The Labute approximate surface area is 162 Å². The quantitative estimate of drug-likeness (QED) is 0.177. The maximum absolute atomic E-state index is 12.5. The van der Waals surface area contributed by atoms with E-state index in [-0.39, 0.29) is 19.4 Å². The van der Waals surface area contributed by atoms with E-state index in [1.807, 2.05) is 0 Å². The molecule has 0 aromatic heterocycles. The van der Waals surface area contributed by atoms with Gasteiger partial charge in [0.15, 0.2) is 0 Å². The van der Waals surface area contributed by atoms with E-state index in [0.29, 0.717) is 0 Å². The number of aliphatic carboxylic acids is 1. The molecule has 0 spiro atoms. The van der Waals surface area contributed by atoms with Crippen LogP contribution in [-0.2, 0) is 19.2 Å². The maximum atomic E-state index is 12.5. The zero-order valence-electron chi connectivity index (χ0n) is 16.2. The number of aliphatic hydroxyl groups is 1. The average Bonchev–Trinajstić information content (AvgIpc) is 2.58. The van der Waals surface area contributed by atoms with Crippen LogP contribution in [0.1, 0.15) is 33.6 Å². The Hall–Kier alpha value is -2.89. The van der Waals surface area contributed by atoms with Gasteiger partial charge in [0.05, 0.1) is 6.61 Å². The second-order valence-corrected chi connectivity index (χ2v) is 6.50. The molecule has 12 heteroatoms. The molecule has 12 nitrogen and oxygen atoms in total. The van der Waals surface area contributed by atoms with Crippen molar-refractivity contribution >= 4 is 29.7 Å². The molecular weight excluding hydrogens is 374 g/mol. The smallest absolute Gasteiger partial charge is 0.326 e. The van der Waals surface area contributed by atoms with E-state index in [4.69, 9.17) is 5.73 Å². The molecule has 0 rings (SSSR count). The number of urea groups is 1. The Morgan fingerprint density at radius 2 is 1.57 bits per heavy atom. The van der Waals surface area contributed by atoms with Crippen molar-refractivity contribution in [3.05, 3.63) is 0 Å². The van der Waals surface area contributed by atoms with Crippen LogP contribution in [0.5, 0.6) is 0 Å². The normalized spacial score (nSPS) is 13.8. The molecule has 0 aliphatic rings. The molecule has 0 saturated carbocycles. The zero-order valence-corrected chi connectivity index (χ0v) is 16.2. The van der Waals surface area contributed by atoms with Gasteiger partial charge >= 0.3 is 12.0 Å². The highest BCUT2D eigenvalue weighted by atomic mass is 16.4. The molecule has 0 radical (unpaired) electrons. The lowest BCUT2D eigenvalue weighted by atomic mass is 10.0. The molecule has 160 valence electrons. The van der Waals surface area contributed by atoms with Gasteiger partial charge in [0.2, 0.25) is 17.7 Å². The minimum absolute atomic E-state index is 0.0330. The predicted molar refractivity (Wildman–Crippen MR) is 97.8 cm³/mol. The molecule has 3 atom stereocenters. The molecule has 0 fully saturated rings. The number of primary amides is 1. The number of amides is 5. The molecule has 5 amide bonds. The third-order valence-electron chi connectivity index (χ3n) is 3.71. The second-order valence-electron chi connectivity index (χ2n) is 6.50. The van der Waals surface area contributed by atoms with Gasteiger partial charge in [-0.15, -0.1) is 0 Å². The molecular formula is C16H29N5O7. The van der Waals surface area contributed by atoms with E-state index >= 15 is 0 Å². The lowest BCUT2D eigenvalue weighted by molar-refractivity contribution is -0.142. The summed E-state index contributed by atoms with van der Waals surface area (Å²) >= 11 is 0. The van der Waals surface area contributed by atoms with Gasteiger partial charge in [-0.25, -0.2) is 9.59 Å². The third-order valence-corrected chi connectivity index (χ3v) is 3.71. The van der Waals surface area contributed by atoms with Crippen molar-refractivity contribution in [1.82, 2.24) is 21.3 Å². The summed E-state index contributed by atoms with van der Waals surface area (Å²) in [5.74, 6) is -3.70. The minimum Gasteiger partial charge on any atom is -0.480 e. The van der Waals surface area contributed by atoms with E-state index in [0.717, 1.165) is 0 Å². The van der Waals surface area contributed by atoms with Crippen LogP contribution < -0.4 is 27.0 Å². The number of hydrogen-bond acceptors (Lipinski definition) is 6. The number of carbonyl (C=O) groups is 5. The van der Waals surface area contributed by atoms with E-state index in [1.54, 1.807) is 13.8 Å². The van der Waals surface area contributed by atoms with Gasteiger partial charge in [0.25, 0.3) is 0 Å². The molecule has 0 saturated heterocycles. The van der Waals surface area contributed by atoms with Crippen LogP contribution in [0.4, 0.5) is 4.79 Å². The summed E-state index contributed by atoms with van der Waals surface area (Å²) in [7, 11) is 0. The molecule has 0 heterocycles. The first-order valence-corrected chi connectivity index (χ1v) is 8.74. The highest BCUT2D eigenvalue weighted by Crippen LogP contribution is 2.05. The van der Waals surface area contributed by atoms with Crippen LogP contribution in [0.3, 0.4) is 0 Å². The largest absolute Gasteiger partial charge is 0.480 e. The molecule has 0 aliphatic carbocycles. The standard InChI is InChI=1S/C16H29N5O7/c1-8(2)12(21-13(24)11(7-22)19-9(3)23)14(25)20-10(15(26)27)5-4-6-18-16(17)28/h8,10-12,22H,4-7H2,1-3H3,(H,19,23)(H,20,25)(H,21,24)(H,26,27)(H3,17,18,28)/t10-,11-,12-/m0/s1. The van der Waals surface area contributed by atoms with Gasteiger partial charge in [0.1, 0.15) is 18.1 Å². The van der Waals surface area contributed by atoms with E-state index < -0.39 is 60.4 Å². The van der Waals surface area contributed by atoms with Crippen LogP contribution in [0.15, 0.2) is 0 Å². The first-order chi connectivity index (χ1) is 13.0. The fraction of sp³-hybridized carbons (Fsp3) is 0.688. The topological polar surface area (TPSA) is 200 Å². The van der Waals surface area contributed by atoms with Crippen molar-refractivity contribution < 1.29 is 34.2 Å². The summed E-state index contributed by atoms with van der Waals surface area (Å²) in [6.45, 7) is 3.94. The minimum atomic E-state index is -1.27. The summed E-state index contributed by atoms with van der Waals surface area (Å²) in [5, 5.41) is 27.8. The van der Waals surface area contributed by atoms with Gasteiger partial charge in [-0.1, -0.05) is 13.8 Å². The molecule has 0 aliphatic heterocycles. The zero-order chi connectivity index (χ0) is 21.9. The lowest BCUT2D eigenvalue weighted by Crippen LogP contribution is -2.58. The van der Waals surface area contributed by atoms with Crippen LogP contribution in [0.2, 0.25) is 0 Å². The number of nitrogens with two attached hydrogens (primary N) is 1. The van der Waals surface area contributed by atoms with Crippen LogP contribution in [0, 0.1) is 5.92 Å². The summed E-state index contributed by atoms with van der Waals surface area (Å²) in [6.07, 6.45) is 0.291. The summed E-state index contributed by atoms with van der Waals surface area (Å²) in [4.78, 5) is 57.7. The fourth-order valence-corrected chi connectivity index (χ4v) is 2.26. The Kier molecular flexibility index (Phi) is 11.2. The highest BCUT2D eigenvalue weighted by Gasteiger charge is 2.30. The molecule has 0 aromatic carbocycles. The van der Waals surface area contributed by atoms with Crippen LogP contribution >= 0.6 is 0 Å². The van der Waals surface area contributed by atoms with Gasteiger partial charge in [0, 0.05) is 13.5 Å². The number of carboxylic acid groups (broad SMARTS) is 1. The number of aliphatic hydroxyl groups excluding tert-OH is 1. The van der Waals surface area contributed by atoms with Gasteiger partial charge in [-0.2, -0.15) is 0 Å². The first kappa shape index (κ1) is 25.1. The molecule has 0 aromatic rings. The highest BCUT2D eigenvalue weighted by molar-refractivity contribution is 5.93. The van der Waals surface area contributed by atoms with Crippen molar-refractivity contribution in [2.75, 3.05) is 13.2 Å². The number of nitrogens with one attached hydrogen (secondary N) is 4. The van der Waals surface area contributed by atoms with Gasteiger partial charge < -0.3 is 37.2 Å². The Balaban J connectivity index is 4.96. The van der Waals surface area contributed by atoms with Crippen molar-refractivity contribution in [3.8, 4) is 0 Å². The maximum Gasteiger partial charge on any atom is 0.326 e. The fourth-order valence-electron chi connectivity index (χ4n) is 2.26. The van der Waals surface area contributed by atoms with Crippen molar-refractivity contribution in [3.63, 3.8) is 0 Å². The van der Waals surface area contributed by atoms with Gasteiger partial charge in [-0.05, 0) is 18.8 Å². The number of carboxylic acids is 1. The van der Waals surface area contributed by atoms with Crippen molar-refractivity contribution in [2.24, 2.45) is 11.7 Å². The van der Waals surface area contributed by atoms with E-state index in [9.17, 15) is 34.2 Å². The molecule has 8 N–H and O–H groups in total. The number of carbonyl (C=O) groups excluding carboxylic acids is 4. The number of hydrogen-bond donors (Lipinski definition) is 7. The second kappa shape index (κ2) is 12.5. The Morgan fingerprint density at radius 1 is 0.964 bits per heavy atom. The molecule has 0 bridgehead atoms. The van der Waals surface area contributed by atoms with Gasteiger partial charge in [-0.3, -0.25) is 14.4 Å². The third kappa shape index (κ3) is 9.71. The van der Waals surface area contributed by atoms with Crippen molar-refractivity contribution in [1.29, 1.82) is 0 Å². The number of rotatable bonds is 12. The van der Waals surface area contributed by atoms with Crippen LogP contribution in [-0.4, -0.2) is 71.2 Å². The monoisotopic (exact) mass is 403 g/mol. The van der Waals surface area contributed by atoms with Crippen molar-refractivity contribution in [2.45, 2.75) is 51.7 Å². The first-order valence-electron chi connectivity index (χ1n) is 8.74. The molecule has 0 unspecified atom stereocenters. The Bertz CT molecular complexity index is 582. The van der Waals surface area contributed by atoms with E-state index in [1.165, 1.54) is 6.92 Å². The lowest BCUT2D eigenvalue weighted by Gasteiger charge is -2.26. The predicted octanol–water partition coefficient (Wildman–Crippen LogP) is -2.36. The Morgan fingerprint density at radius 3 is 2.00 bits per heavy atom. The SMILES string of the molecule is CC(=O)N[C@@H](CO)C(=O)N[C@H](C(=O)N[C@@H](CCCNC(N)=O)C(=O)O)C(C)C.